The average molecular weight is 472 g/mol. The Hall–Kier alpha value is -3.57. The molecule has 0 atom stereocenters. The Morgan fingerprint density at radius 2 is 1.71 bits per heavy atom. The molecule has 0 unspecified atom stereocenters. The van der Waals surface area contributed by atoms with Crippen molar-refractivity contribution < 1.29 is 4.79 Å². The number of rotatable bonds is 6. The molecule has 0 spiro atoms. The summed E-state index contributed by atoms with van der Waals surface area (Å²) in [5.41, 5.74) is 3.56. The van der Waals surface area contributed by atoms with Gasteiger partial charge < -0.3 is 0 Å². The van der Waals surface area contributed by atoms with Crippen LogP contribution >= 0.6 is 11.6 Å². The summed E-state index contributed by atoms with van der Waals surface area (Å²) in [4.78, 5) is 36.3. The van der Waals surface area contributed by atoms with Gasteiger partial charge in [-0.3, -0.25) is 9.78 Å². The summed E-state index contributed by atoms with van der Waals surface area (Å²) < 4.78 is 0. The highest BCUT2D eigenvalue weighted by Crippen LogP contribution is 2.29. The minimum absolute atomic E-state index is 0.0468. The Labute approximate surface area is 203 Å². The number of carbonyl (C=O) groups is 1. The largest absolute Gasteiger partial charge is 0.348 e. The summed E-state index contributed by atoms with van der Waals surface area (Å²) in [5, 5.41) is 0.460. The quantitative estimate of drug-likeness (QED) is 0.336. The molecule has 4 rings (SSSR count). The molecule has 3 aromatic carbocycles. The van der Waals surface area contributed by atoms with E-state index in [0.29, 0.717) is 40.6 Å². The number of ketones is 1. The van der Waals surface area contributed by atoms with Crippen LogP contribution in [0.1, 0.15) is 48.7 Å². The minimum Gasteiger partial charge on any atom is -0.294 e. The van der Waals surface area contributed by atoms with Gasteiger partial charge in [0.2, 0.25) is 0 Å². The highest BCUT2D eigenvalue weighted by Gasteiger charge is 2.16. The number of Topliss-reactive ketones (excluding diaryl/α,β-unsaturated/α-hetero) is 1. The second-order valence-corrected chi connectivity index (χ2v) is 9.67. The van der Waals surface area contributed by atoms with E-state index in [1.54, 1.807) is 6.07 Å². The number of H-pyrrole nitrogens is 1. The van der Waals surface area contributed by atoms with Gasteiger partial charge in [0, 0.05) is 23.1 Å². The number of nitrogens with one attached hydrogen (secondary N) is 1. The second kappa shape index (κ2) is 9.74. The van der Waals surface area contributed by atoms with Gasteiger partial charge in [0.15, 0.2) is 11.6 Å². The smallest absolute Gasteiger partial charge is 0.294 e. The molecule has 0 aliphatic rings. The highest BCUT2D eigenvalue weighted by atomic mass is 35.5. The Kier molecular flexibility index (Phi) is 6.75. The maximum atomic E-state index is 12.5. The van der Waals surface area contributed by atoms with Crippen molar-refractivity contribution in [1.29, 1.82) is 0 Å². The predicted octanol–water partition coefficient (Wildman–Crippen LogP) is 6.27. The van der Waals surface area contributed by atoms with E-state index >= 15 is 0 Å². The van der Waals surface area contributed by atoms with E-state index < -0.39 is 5.69 Å². The van der Waals surface area contributed by atoms with Crippen LogP contribution in [0.25, 0.3) is 22.8 Å². The molecule has 0 aliphatic carbocycles. The standard InChI is InChI=1S/C28H26ClN3O2/c1-28(2,3)21-11-7-10-20(17-21)25-30-26(32-27(34)31-25)22-16-18(12-14-23(22)29)13-15-24(33)19-8-5-4-6-9-19/h4-12,14,16-17H,13,15H2,1-3H3,(H,30,31,32,34). The lowest BCUT2D eigenvalue weighted by atomic mass is 9.86. The topological polar surface area (TPSA) is 75.7 Å². The number of hydrogen-bond donors (Lipinski definition) is 1. The van der Waals surface area contributed by atoms with E-state index in [1.807, 2.05) is 60.7 Å². The van der Waals surface area contributed by atoms with Gasteiger partial charge in [-0.15, -0.1) is 0 Å². The molecule has 5 nitrogen and oxygen atoms in total. The third kappa shape index (κ3) is 5.49. The fraction of sp³-hybridized carbons (Fsp3) is 0.214. The van der Waals surface area contributed by atoms with Crippen LogP contribution in [0.2, 0.25) is 5.02 Å². The van der Waals surface area contributed by atoms with Crippen molar-refractivity contribution in [1.82, 2.24) is 15.0 Å². The molecule has 34 heavy (non-hydrogen) atoms. The summed E-state index contributed by atoms with van der Waals surface area (Å²) in [7, 11) is 0. The molecule has 0 saturated carbocycles. The molecule has 0 bridgehead atoms. The lowest BCUT2D eigenvalue weighted by Crippen LogP contribution is -2.15. The Bertz CT molecular complexity index is 1390. The van der Waals surface area contributed by atoms with Crippen LogP contribution in [0, 0.1) is 0 Å². The van der Waals surface area contributed by atoms with Crippen LogP contribution < -0.4 is 5.69 Å². The van der Waals surface area contributed by atoms with Gasteiger partial charge in [0.05, 0.1) is 5.02 Å². The lowest BCUT2D eigenvalue weighted by molar-refractivity contribution is 0.0983. The Balaban J connectivity index is 1.64. The number of halogens is 1. The van der Waals surface area contributed by atoms with E-state index in [9.17, 15) is 9.59 Å². The molecule has 0 amide bonds. The highest BCUT2D eigenvalue weighted by molar-refractivity contribution is 6.33. The zero-order valence-corrected chi connectivity index (χ0v) is 20.2. The van der Waals surface area contributed by atoms with E-state index in [-0.39, 0.29) is 11.2 Å². The monoisotopic (exact) mass is 471 g/mol. The molecule has 0 radical (unpaired) electrons. The van der Waals surface area contributed by atoms with Gasteiger partial charge in [0.1, 0.15) is 5.82 Å². The zero-order chi connectivity index (χ0) is 24.3. The molecule has 0 aliphatic heterocycles. The summed E-state index contributed by atoms with van der Waals surface area (Å²) in [6.07, 6.45) is 0.921. The number of carbonyl (C=O) groups excluding carboxylic acids is 1. The number of aromatic nitrogens is 3. The first-order chi connectivity index (χ1) is 16.2. The van der Waals surface area contributed by atoms with Crippen LogP contribution in [0.3, 0.4) is 0 Å². The molecule has 6 heteroatoms. The van der Waals surface area contributed by atoms with Gasteiger partial charge in [-0.05, 0) is 41.2 Å². The molecule has 172 valence electrons. The SMILES string of the molecule is CC(C)(C)c1cccc(-c2nc(-c3cc(CCC(=O)c4ccccc4)ccc3Cl)[nH]c(=O)n2)c1. The molecule has 1 heterocycles. The summed E-state index contributed by atoms with van der Waals surface area (Å²) >= 11 is 6.48. The normalized spacial score (nSPS) is 11.4. The fourth-order valence-electron chi connectivity index (χ4n) is 3.70. The van der Waals surface area contributed by atoms with Crippen LogP contribution in [0.4, 0.5) is 0 Å². The van der Waals surface area contributed by atoms with Crippen LogP contribution in [-0.2, 0) is 11.8 Å². The van der Waals surface area contributed by atoms with E-state index in [2.05, 4.69) is 41.8 Å². The number of aromatic amines is 1. The van der Waals surface area contributed by atoms with Gasteiger partial charge in [-0.25, -0.2) is 9.78 Å². The van der Waals surface area contributed by atoms with E-state index in [4.69, 9.17) is 11.6 Å². The van der Waals surface area contributed by atoms with Gasteiger partial charge in [0.25, 0.3) is 0 Å². The van der Waals surface area contributed by atoms with Crippen molar-refractivity contribution in [3.8, 4) is 22.8 Å². The van der Waals surface area contributed by atoms with Gasteiger partial charge in [-0.2, -0.15) is 4.98 Å². The number of benzene rings is 3. The maximum Gasteiger partial charge on any atom is 0.348 e. The first kappa shape index (κ1) is 23.6. The molecular weight excluding hydrogens is 446 g/mol. The summed E-state index contributed by atoms with van der Waals surface area (Å²) in [6, 6.07) is 22.6. The number of aryl methyl sites for hydroxylation is 1. The average Bonchev–Trinajstić information content (AvgIpc) is 2.83. The van der Waals surface area contributed by atoms with Gasteiger partial charge in [-0.1, -0.05) is 87.0 Å². The summed E-state index contributed by atoms with van der Waals surface area (Å²) in [6.45, 7) is 6.39. The van der Waals surface area contributed by atoms with Crippen molar-refractivity contribution >= 4 is 17.4 Å². The maximum absolute atomic E-state index is 12.5. The third-order valence-electron chi connectivity index (χ3n) is 5.66. The zero-order valence-electron chi connectivity index (χ0n) is 19.4. The van der Waals surface area contributed by atoms with Gasteiger partial charge >= 0.3 is 5.69 Å². The van der Waals surface area contributed by atoms with Crippen molar-refractivity contribution in [2.75, 3.05) is 0 Å². The van der Waals surface area contributed by atoms with Crippen LogP contribution in [0.15, 0.2) is 77.6 Å². The first-order valence-electron chi connectivity index (χ1n) is 11.2. The van der Waals surface area contributed by atoms with Crippen LogP contribution in [0.5, 0.6) is 0 Å². The number of nitrogens with zero attached hydrogens (tertiary/aromatic N) is 2. The van der Waals surface area contributed by atoms with E-state index in [0.717, 1.165) is 16.7 Å². The van der Waals surface area contributed by atoms with Crippen molar-refractivity contribution in [3.63, 3.8) is 0 Å². The lowest BCUT2D eigenvalue weighted by Gasteiger charge is -2.19. The molecule has 1 N–H and O–H groups in total. The van der Waals surface area contributed by atoms with Crippen molar-refractivity contribution in [3.05, 3.63) is 105 Å². The van der Waals surface area contributed by atoms with Crippen molar-refractivity contribution in [2.45, 2.75) is 39.0 Å². The fourth-order valence-corrected chi connectivity index (χ4v) is 3.91. The number of hydrogen-bond acceptors (Lipinski definition) is 4. The second-order valence-electron chi connectivity index (χ2n) is 9.26. The molecule has 0 fully saturated rings. The molecule has 0 saturated heterocycles. The minimum atomic E-state index is -0.498. The van der Waals surface area contributed by atoms with E-state index in [1.165, 1.54) is 0 Å². The predicted molar refractivity (Wildman–Crippen MR) is 136 cm³/mol. The first-order valence-corrected chi connectivity index (χ1v) is 11.5. The summed E-state index contributed by atoms with van der Waals surface area (Å²) in [5.74, 6) is 0.761. The third-order valence-corrected chi connectivity index (χ3v) is 5.99. The Morgan fingerprint density at radius 1 is 0.941 bits per heavy atom. The van der Waals surface area contributed by atoms with Crippen molar-refractivity contribution in [2.24, 2.45) is 0 Å². The molecule has 4 aromatic rings. The van der Waals surface area contributed by atoms with Crippen LogP contribution in [-0.4, -0.2) is 20.7 Å². The molecular formula is C28H26ClN3O2. The molecule has 1 aromatic heterocycles. The Morgan fingerprint density at radius 3 is 2.44 bits per heavy atom.